The minimum absolute atomic E-state index is 0.133. The number of nitrogens with one attached hydrogen (secondary N) is 1. The molecule has 1 fully saturated rings. The van der Waals surface area contributed by atoms with Gasteiger partial charge in [-0.15, -0.1) is 0 Å². The normalized spacial score (nSPS) is 14.7. The number of rotatable bonds is 6. The summed E-state index contributed by atoms with van der Waals surface area (Å²) in [4.78, 5) is 14.9. The Kier molecular flexibility index (Phi) is 5.34. The molecule has 150 valence electrons. The maximum Gasteiger partial charge on any atom is 0.191 e. The number of hydrogen-bond donors (Lipinski definition) is 1. The Labute approximate surface area is 169 Å². The third-order valence-corrected chi connectivity index (χ3v) is 5.25. The van der Waals surface area contributed by atoms with Crippen molar-refractivity contribution < 1.29 is 9.18 Å². The van der Waals surface area contributed by atoms with Crippen molar-refractivity contribution in [3.05, 3.63) is 66.1 Å². The Hall–Kier alpha value is -3.15. The Balaban J connectivity index is 1.85. The molecule has 1 aromatic carbocycles. The molecular weight excluding hydrogens is 367 g/mol. The van der Waals surface area contributed by atoms with Crippen molar-refractivity contribution in [2.24, 2.45) is 0 Å². The van der Waals surface area contributed by atoms with Crippen LogP contribution < -0.4 is 5.32 Å². The summed E-state index contributed by atoms with van der Waals surface area (Å²) in [6.07, 6.45) is 8.00. The summed E-state index contributed by atoms with van der Waals surface area (Å²) in [7, 11) is 3.73. The number of hydrogen-bond acceptors (Lipinski definition) is 4. The first-order valence-corrected chi connectivity index (χ1v) is 9.96. The molecule has 1 saturated carbocycles. The second-order valence-electron chi connectivity index (χ2n) is 7.71. The topological polar surface area (TPSA) is 49.6 Å². The van der Waals surface area contributed by atoms with Crippen molar-refractivity contribution in [3.8, 4) is 11.3 Å². The van der Waals surface area contributed by atoms with E-state index in [1.807, 2.05) is 37.2 Å². The highest BCUT2D eigenvalue weighted by Crippen LogP contribution is 2.30. The zero-order chi connectivity index (χ0) is 20.4. The first-order chi connectivity index (χ1) is 14.0. The van der Waals surface area contributed by atoms with Gasteiger partial charge < -0.3 is 10.2 Å². The van der Waals surface area contributed by atoms with Crippen LogP contribution >= 0.6 is 0 Å². The van der Waals surface area contributed by atoms with Gasteiger partial charge in [-0.3, -0.25) is 4.79 Å². The van der Waals surface area contributed by atoms with Crippen molar-refractivity contribution in [1.82, 2.24) is 14.5 Å². The average Bonchev–Trinajstić information content (AvgIpc) is 3.35. The van der Waals surface area contributed by atoms with E-state index in [9.17, 15) is 9.18 Å². The lowest BCUT2D eigenvalue weighted by molar-refractivity contribution is 0.104. The number of pyridine rings is 1. The molecule has 4 rings (SSSR count). The van der Waals surface area contributed by atoms with E-state index in [-0.39, 0.29) is 11.6 Å². The van der Waals surface area contributed by atoms with E-state index in [4.69, 9.17) is 5.10 Å². The molecule has 5 nitrogen and oxygen atoms in total. The van der Waals surface area contributed by atoms with Crippen LogP contribution in [0, 0.1) is 5.82 Å². The molecule has 0 spiro atoms. The third-order valence-electron chi connectivity index (χ3n) is 5.25. The van der Waals surface area contributed by atoms with Gasteiger partial charge >= 0.3 is 0 Å². The summed E-state index contributed by atoms with van der Waals surface area (Å²) in [5.74, 6) is 0.418. The Bertz CT molecular complexity index is 1050. The van der Waals surface area contributed by atoms with Crippen molar-refractivity contribution in [3.63, 3.8) is 0 Å². The van der Waals surface area contributed by atoms with Gasteiger partial charge in [-0.05, 0) is 49.2 Å². The lowest BCUT2D eigenvalue weighted by Crippen LogP contribution is -2.17. The molecule has 0 saturated heterocycles. The van der Waals surface area contributed by atoms with Crippen LogP contribution in [-0.4, -0.2) is 40.4 Å². The average molecular weight is 392 g/mol. The first kappa shape index (κ1) is 19.2. The lowest BCUT2D eigenvalue weighted by Gasteiger charge is -2.14. The van der Waals surface area contributed by atoms with Crippen LogP contribution in [0.2, 0.25) is 0 Å². The van der Waals surface area contributed by atoms with E-state index in [1.165, 1.54) is 25.0 Å². The van der Waals surface area contributed by atoms with Crippen LogP contribution in [0.1, 0.15) is 36.0 Å². The van der Waals surface area contributed by atoms with Crippen LogP contribution in [0.4, 0.5) is 10.2 Å². The van der Waals surface area contributed by atoms with Crippen molar-refractivity contribution in [1.29, 1.82) is 0 Å². The van der Waals surface area contributed by atoms with Gasteiger partial charge in [-0.25, -0.2) is 8.91 Å². The lowest BCUT2D eigenvalue weighted by atomic mass is 10.0. The molecule has 1 aliphatic rings. The predicted octanol–water partition coefficient (Wildman–Crippen LogP) is 4.75. The summed E-state index contributed by atoms with van der Waals surface area (Å²) in [6, 6.07) is 12.3. The number of anilines is 1. The van der Waals surface area contributed by atoms with Gasteiger partial charge in [0.05, 0.1) is 11.1 Å². The second kappa shape index (κ2) is 8.07. The van der Waals surface area contributed by atoms with Crippen molar-refractivity contribution in [2.45, 2.75) is 31.7 Å². The molecule has 2 heterocycles. The first-order valence-electron chi connectivity index (χ1n) is 9.96. The van der Waals surface area contributed by atoms with E-state index in [1.54, 1.807) is 28.9 Å². The van der Waals surface area contributed by atoms with Crippen LogP contribution in [0.25, 0.3) is 16.8 Å². The number of carbonyl (C=O) groups excluding carboxylic acids is 1. The molecule has 0 radical (unpaired) electrons. The maximum absolute atomic E-state index is 13.4. The maximum atomic E-state index is 13.4. The van der Waals surface area contributed by atoms with Crippen LogP contribution in [0.15, 0.2) is 54.7 Å². The highest BCUT2D eigenvalue weighted by atomic mass is 19.1. The van der Waals surface area contributed by atoms with Gasteiger partial charge in [-0.2, -0.15) is 5.10 Å². The smallest absolute Gasteiger partial charge is 0.191 e. The fourth-order valence-corrected chi connectivity index (χ4v) is 3.81. The Morgan fingerprint density at radius 3 is 2.59 bits per heavy atom. The Morgan fingerprint density at radius 2 is 1.90 bits per heavy atom. The molecule has 2 aromatic heterocycles. The molecule has 6 heteroatoms. The highest BCUT2D eigenvalue weighted by molar-refractivity contribution is 6.13. The molecule has 0 bridgehead atoms. The minimum Gasteiger partial charge on any atom is -0.383 e. The molecule has 0 amide bonds. The molecule has 0 unspecified atom stereocenters. The summed E-state index contributed by atoms with van der Waals surface area (Å²) < 4.78 is 15.2. The number of fused-ring (bicyclic) bond motifs is 1. The zero-order valence-corrected chi connectivity index (χ0v) is 16.7. The fourth-order valence-electron chi connectivity index (χ4n) is 3.81. The van der Waals surface area contributed by atoms with Crippen LogP contribution in [0.3, 0.4) is 0 Å². The highest BCUT2D eigenvalue weighted by Gasteiger charge is 2.22. The predicted molar refractivity (Wildman–Crippen MR) is 114 cm³/mol. The van der Waals surface area contributed by atoms with E-state index < -0.39 is 0 Å². The summed E-state index contributed by atoms with van der Waals surface area (Å²) in [6.45, 7) is 0. The van der Waals surface area contributed by atoms with Crippen molar-refractivity contribution in [2.75, 3.05) is 19.4 Å². The summed E-state index contributed by atoms with van der Waals surface area (Å²) in [5.41, 5.74) is 2.52. The molecule has 29 heavy (non-hydrogen) atoms. The van der Waals surface area contributed by atoms with E-state index in [2.05, 4.69) is 5.32 Å². The quantitative estimate of drug-likeness (QED) is 0.486. The monoisotopic (exact) mass is 392 g/mol. The molecule has 1 N–H and O–H groups in total. The number of halogens is 1. The van der Waals surface area contributed by atoms with E-state index >= 15 is 0 Å². The fraction of sp³-hybridized carbons (Fsp3) is 0.304. The zero-order valence-electron chi connectivity index (χ0n) is 16.7. The van der Waals surface area contributed by atoms with Crippen LogP contribution in [-0.2, 0) is 0 Å². The standard InChI is InChI=1S/C23H25FN4O/c1-27(2)15-14-20(29)22-19-8-5-9-21(25-18-6-3-4-7-18)28(19)26-23(22)16-10-12-17(24)13-11-16/h5,8-15,18,25H,3-4,6-7H2,1-2H3. The minimum atomic E-state index is -0.318. The Morgan fingerprint density at radius 1 is 1.17 bits per heavy atom. The van der Waals surface area contributed by atoms with Gasteiger partial charge in [-0.1, -0.05) is 18.9 Å². The van der Waals surface area contributed by atoms with Gasteiger partial charge in [0.25, 0.3) is 0 Å². The third kappa shape index (κ3) is 4.01. The number of nitrogens with zero attached hydrogens (tertiary/aromatic N) is 3. The number of benzene rings is 1. The number of allylic oxidation sites excluding steroid dienone is 1. The van der Waals surface area contributed by atoms with Crippen molar-refractivity contribution >= 4 is 17.1 Å². The van der Waals surface area contributed by atoms with Gasteiger partial charge in [0, 0.05) is 38.0 Å². The molecule has 3 aromatic rings. The number of ketones is 1. The largest absolute Gasteiger partial charge is 0.383 e. The summed E-state index contributed by atoms with van der Waals surface area (Å²) >= 11 is 0. The SMILES string of the molecule is CN(C)C=CC(=O)c1c(-c2ccc(F)cc2)nn2c(NC3CCCC3)cccc12. The van der Waals surface area contributed by atoms with E-state index in [0.717, 1.165) is 24.2 Å². The van der Waals surface area contributed by atoms with E-state index in [0.29, 0.717) is 22.9 Å². The second-order valence-corrected chi connectivity index (χ2v) is 7.71. The van der Waals surface area contributed by atoms with Gasteiger partial charge in [0.15, 0.2) is 5.78 Å². The molecule has 1 aliphatic carbocycles. The molecule has 0 aliphatic heterocycles. The molecular formula is C23H25FN4O. The molecule has 0 atom stereocenters. The van der Waals surface area contributed by atoms with Gasteiger partial charge in [0.1, 0.15) is 17.3 Å². The van der Waals surface area contributed by atoms with Crippen LogP contribution in [0.5, 0.6) is 0 Å². The number of carbonyl (C=O) groups is 1. The summed E-state index contributed by atoms with van der Waals surface area (Å²) in [5, 5.41) is 8.34. The number of aromatic nitrogens is 2. The van der Waals surface area contributed by atoms with Gasteiger partial charge in [0.2, 0.25) is 0 Å².